The van der Waals surface area contributed by atoms with Gasteiger partial charge in [0.25, 0.3) is 10.1 Å². The van der Waals surface area contributed by atoms with Gasteiger partial charge < -0.3 is 0 Å². The molecule has 0 aromatic heterocycles. The molecule has 0 unspecified atom stereocenters. The van der Waals surface area contributed by atoms with Crippen LogP contribution >= 0.6 is 0 Å². The van der Waals surface area contributed by atoms with Crippen LogP contribution in [0.5, 0.6) is 0 Å². The summed E-state index contributed by atoms with van der Waals surface area (Å²) in [6.07, 6.45) is 4.34. The number of rotatable bonds is 6. The van der Waals surface area contributed by atoms with Crippen molar-refractivity contribution >= 4 is 10.1 Å². The van der Waals surface area contributed by atoms with Crippen molar-refractivity contribution < 1.29 is 13.0 Å². The minimum Gasteiger partial charge on any atom is -0.286 e. The van der Waals surface area contributed by atoms with Crippen molar-refractivity contribution in [3.63, 3.8) is 0 Å². The maximum absolute atomic E-state index is 10.2. The van der Waals surface area contributed by atoms with E-state index in [2.05, 4.69) is 6.92 Å². The molecule has 1 radical (unpaired) electrons. The SMILES string of the molecule is [CH2]CCCCCCS(=O)(=O)O. The maximum atomic E-state index is 10.2. The Labute approximate surface area is 68.6 Å². The van der Waals surface area contributed by atoms with E-state index in [1.165, 1.54) is 0 Å². The highest BCUT2D eigenvalue weighted by molar-refractivity contribution is 7.85. The van der Waals surface area contributed by atoms with Gasteiger partial charge in [0.15, 0.2) is 0 Å². The zero-order valence-electron chi connectivity index (χ0n) is 6.62. The summed E-state index contributed by atoms with van der Waals surface area (Å²) >= 11 is 0. The Balaban J connectivity index is 3.16. The second kappa shape index (κ2) is 5.55. The van der Waals surface area contributed by atoms with Crippen LogP contribution < -0.4 is 0 Å². The van der Waals surface area contributed by atoms with Crippen LogP contribution in [0, 0.1) is 6.92 Å². The standard InChI is InChI=1S/C7H15O3S/c1-2-3-4-5-6-7-11(8,9)10/h1-7H2,(H,8,9,10). The summed E-state index contributed by atoms with van der Waals surface area (Å²) in [4.78, 5) is 0. The molecular formula is C7H15O3S. The summed E-state index contributed by atoms with van der Waals surface area (Å²) in [5, 5.41) is 0. The van der Waals surface area contributed by atoms with Crippen LogP contribution in [0.4, 0.5) is 0 Å². The lowest BCUT2D eigenvalue weighted by Gasteiger charge is -1.96. The third kappa shape index (κ3) is 9.91. The lowest BCUT2D eigenvalue weighted by molar-refractivity contribution is 0.479. The fourth-order valence-corrected chi connectivity index (χ4v) is 1.38. The second-order valence-corrected chi connectivity index (χ2v) is 4.13. The van der Waals surface area contributed by atoms with Crippen LogP contribution in [0.2, 0.25) is 0 Å². The first-order valence-electron chi connectivity index (χ1n) is 3.80. The Hall–Kier alpha value is -0.0900. The molecule has 11 heavy (non-hydrogen) atoms. The van der Waals surface area contributed by atoms with Crippen LogP contribution in [0.15, 0.2) is 0 Å². The molecule has 0 saturated carbocycles. The molecule has 0 aromatic rings. The third-order valence-corrected chi connectivity index (χ3v) is 2.21. The first-order chi connectivity index (χ1) is 5.06. The Morgan fingerprint density at radius 1 is 1.09 bits per heavy atom. The van der Waals surface area contributed by atoms with Gasteiger partial charge >= 0.3 is 0 Å². The Bertz CT molecular complexity index is 172. The van der Waals surface area contributed by atoms with Crippen LogP contribution in [-0.2, 0) is 10.1 Å². The maximum Gasteiger partial charge on any atom is 0.264 e. The molecule has 3 nitrogen and oxygen atoms in total. The molecular weight excluding hydrogens is 164 g/mol. The second-order valence-electron chi connectivity index (χ2n) is 2.55. The molecule has 0 amide bonds. The molecule has 0 saturated heterocycles. The molecule has 1 N–H and O–H groups in total. The molecule has 0 aliphatic carbocycles. The highest BCUT2D eigenvalue weighted by Gasteiger charge is 2.02. The van der Waals surface area contributed by atoms with E-state index in [1.54, 1.807) is 0 Å². The van der Waals surface area contributed by atoms with E-state index < -0.39 is 10.1 Å². The molecule has 0 spiro atoms. The summed E-state index contributed by atoms with van der Waals surface area (Å²) < 4.78 is 28.7. The largest absolute Gasteiger partial charge is 0.286 e. The van der Waals surface area contributed by atoms with E-state index in [0.29, 0.717) is 6.42 Å². The number of hydrogen-bond donors (Lipinski definition) is 1. The van der Waals surface area contributed by atoms with Crippen LogP contribution in [0.25, 0.3) is 0 Å². The highest BCUT2D eigenvalue weighted by Crippen LogP contribution is 2.03. The van der Waals surface area contributed by atoms with Crippen molar-refractivity contribution in [2.24, 2.45) is 0 Å². The van der Waals surface area contributed by atoms with Crippen molar-refractivity contribution in [2.75, 3.05) is 5.75 Å². The number of hydrogen-bond acceptors (Lipinski definition) is 2. The Kier molecular flexibility index (Phi) is 5.50. The fraction of sp³-hybridized carbons (Fsp3) is 0.857. The molecule has 0 heterocycles. The van der Waals surface area contributed by atoms with E-state index >= 15 is 0 Å². The summed E-state index contributed by atoms with van der Waals surface area (Å²) in [5.41, 5.74) is 0. The van der Waals surface area contributed by atoms with E-state index in [0.717, 1.165) is 25.7 Å². The number of unbranched alkanes of at least 4 members (excludes halogenated alkanes) is 4. The van der Waals surface area contributed by atoms with Crippen molar-refractivity contribution in [2.45, 2.75) is 32.1 Å². The van der Waals surface area contributed by atoms with Gasteiger partial charge in [-0.1, -0.05) is 32.6 Å². The average Bonchev–Trinajstić information content (AvgIpc) is 1.85. The van der Waals surface area contributed by atoms with Crippen LogP contribution in [0.3, 0.4) is 0 Å². The van der Waals surface area contributed by atoms with Crippen molar-refractivity contribution in [3.05, 3.63) is 6.92 Å². The average molecular weight is 179 g/mol. The van der Waals surface area contributed by atoms with Crippen LogP contribution in [-0.4, -0.2) is 18.7 Å². The zero-order valence-corrected chi connectivity index (χ0v) is 7.44. The molecule has 0 rings (SSSR count). The lowest BCUT2D eigenvalue weighted by Crippen LogP contribution is -2.03. The van der Waals surface area contributed by atoms with Crippen molar-refractivity contribution in [1.82, 2.24) is 0 Å². The third-order valence-electron chi connectivity index (χ3n) is 1.40. The van der Waals surface area contributed by atoms with Gasteiger partial charge in [-0.05, 0) is 6.42 Å². The quantitative estimate of drug-likeness (QED) is 0.498. The molecule has 4 heteroatoms. The van der Waals surface area contributed by atoms with E-state index in [4.69, 9.17) is 4.55 Å². The van der Waals surface area contributed by atoms with Gasteiger partial charge in [0.1, 0.15) is 0 Å². The summed E-state index contributed by atoms with van der Waals surface area (Å²) in [5.74, 6) is -0.107. The van der Waals surface area contributed by atoms with Gasteiger partial charge in [0.05, 0.1) is 5.75 Å². The van der Waals surface area contributed by atoms with Crippen molar-refractivity contribution in [1.29, 1.82) is 0 Å². The molecule has 0 fully saturated rings. The molecule has 0 aliphatic heterocycles. The van der Waals surface area contributed by atoms with Crippen molar-refractivity contribution in [3.8, 4) is 0 Å². The zero-order chi connectivity index (χ0) is 8.74. The monoisotopic (exact) mass is 179 g/mol. The van der Waals surface area contributed by atoms with E-state index in [-0.39, 0.29) is 5.75 Å². The molecule has 0 aliphatic rings. The van der Waals surface area contributed by atoms with E-state index in [9.17, 15) is 8.42 Å². The first kappa shape index (κ1) is 10.9. The smallest absolute Gasteiger partial charge is 0.264 e. The van der Waals surface area contributed by atoms with Gasteiger partial charge in [0.2, 0.25) is 0 Å². The van der Waals surface area contributed by atoms with Gasteiger partial charge in [-0.3, -0.25) is 4.55 Å². The molecule has 0 atom stereocenters. The Morgan fingerprint density at radius 2 is 1.64 bits per heavy atom. The van der Waals surface area contributed by atoms with Gasteiger partial charge in [-0.2, -0.15) is 8.42 Å². The fourth-order valence-electron chi connectivity index (χ4n) is 0.815. The first-order valence-corrected chi connectivity index (χ1v) is 5.41. The minimum absolute atomic E-state index is 0.107. The van der Waals surface area contributed by atoms with Gasteiger partial charge in [-0.15, -0.1) is 0 Å². The highest BCUT2D eigenvalue weighted by atomic mass is 32.2. The molecule has 0 aromatic carbocycles. The predicted octanol–water partition coefficient (Wildman–Crippen LogP) is 1.66. The topological polar surface area (TPSA) is 54.4 Å². The van der Waals surface area contributed by atoms with Gasteiger partial charge in [-0.25, -0.2) is 0 Å². The summed E-state index contributed by atoms with van der Waals surface area (Å²) in [6, 6.07) is 0. The predicted molar refractivity (Wildman–Crippen MR) is 44.9 cm³/mol. The summed E-state index contributed by atoms with van der Waals surface area (Å²) in [7, 11) is -3.73. The molecule has 67 valence electrons. The minimum atomic E-state index is -3.73. The Morgan fingerprint density at radius 3 is 2.09 bits per heavy atom. The van der Waals surface area contributed by atoms with E-state index in [1.807, 2.05) is 0 Å². The molecule has 0 bridgehead atoms. The van der Waals surface area contributed by atoms with Crippen LogP contribution in [0.1, 0.15) is 32.1 Å². The lowest BCUT2D eigenvalue weighted by atomic mass is 10.2. The normalized spacial score (nSPS) is 11.8. The van der Waals surface area contributed by atoms with Gasteiger partial charge in [0, 0.05) is 0 Å². The summed E-state index contributed by atoms with van der Waals surface area (Å²) in [6.45, 7) is 3.66.